The second kappa shape index (κ2) is 6.22. The number of hydrogen-bond acceptors (Lipinski definition) is 4. The first kappa shape index (κ1) is 14.0. The third-order valence-electron chi connectivity index (χ3n) is 3.41. The number of ether oxygens (including phenoxy) is 1. The first-order chi connectivity index (χ1) is 10.2. The lowest BCUT2D eigenvalue weighted by Gasteiger charge is -2.22. The van der Waals surface area contributed by atoms with E-state index in [0.29, 0.717) is 0 Å². The number of carbonyl (C=O) groups is 1. The molecule has 0 radical (unpaired) electrons. The summed E-state index contributed by atoms with van der Waals surface area (Å²) in [4.78, 5) is 18.0. The molecule has 1 saturated heterocycles. The molecule has 1 fully saturated rings. The number of carboxylic acid groups (broad SMARTS) is 1. The van der Waals surface area contributed by atoms with Crippen molar-refractivity contribution in [3.8, 4) is 5.75 Å². The number of nitrogens with zero attached hydrogens (tertiary/aromatic N) is 1. The van der Waals surface area contributed by atoms with Gasteiger partial charge in [0, 0.05) is 23.2 Å². The zero-order valence-electron chi connectivity index (χ0n) is 11.4. The Hall–Kier alpha value is -1.95. The molecule has 2 N–H and O–H groups in total. The summed E-state index contributed by atoms with van der Waals surface area (Å²) >= 11 is 1.96. The van der Waals surface area contributed by atoms with E-state index >= 15 is 0 Å². The van der Waals surface area contributed by atoms with Crippen LogP contribution in [-0.2, 0) is 4.79 Å². The summed E-state index contributed by atoms with van der Waals surface area (Å²) in [5.41, 5.74) is 1.52. The van der Waals surface area contributed by atoms with Gasteiger partial charge in [0.15, 0.2) is 0 Å². The van der Waals surface area contributed by atoms with Crippen molar-refractivity contribution in [1.82, 2.24) is 9.97 Å². The van der Waals surface area contributed by atoms with Crippen LogP contribution in [0.25, 0.3) is 17.1 Å². The fourth-order valence-electron chi connectivity index (χ4n) is 2.35. The highest BCUT2D eigenvalue weighted by molar-refractivity contribution is 7.99. The van der Waals surface area contributed by atoms with Crippen LogP contribution >= 0.6 is 11.8 Å². The number of fused-ring (bicyclic) bond motifs is 1. The van der Waals surface area contributed by atoms with Crippen LogP contribution in [0.15, 0.2) is 24.5 Å². The van der Waals surface area contributed by atoms with E-state index in [0.717, 1.165) is 52.8 Å². The summed E-state index contributed by atoms with van der Waals surface area (Å²) in [6.07, 6.45) is 8.51. The number of aromatic nitrogens is 2. The van der Waals surface area contributed by atoms with Crippen molar-refractivity contribution in [1.29, 1.82) is 0 Å². The van der Waals surface area contributed by atoms with Crippen molar-refractivity contribution in [2.75, 3.05) is 11.5 Å². The summed E-state index contributed by atoms with van der Waals surface area (Å²) in [5, 5.41) is 9.59. The van der Waals surface area contributed by atoms with E-state index in [1.165, 1.54) is 0 Å². The lowest BCUT2D eigenvalue weighted by molar-refractivity contribution is -0.131. The number of pyridine rings is 1. The van der Waals surface area contributed by atoms with Gasteiger partial charge >= 0.3 is 5.97 Å². The number of rotatable bonds is 4. The average molecular weight is 304 g/mol. The second-order valence-corrected chi connectivity index (χ2v) is 6.14. The standard InChI is InChI=1S/C15H16N2O3S/c18-14(19)2-1-10-8-16-15-13(10)7-12(9-17-15)20-11-3-5-21-6-4-11/h1-2,7-9,11H,3-6H2,(H,16,17)(H,18,19)/b2-1+. The van der Waals surface area contributed by atoms with Crippen LogP contribution in [0, 0.1) is 0 Å². The Kier molecular flexibility index (Phi) is 4.15. The Morgan fingerprint density at radius 3 is 3.05 bits per heavy atom. The Morgan fingerprint density at radius 2 is 2.29 bits per heavy atom. The van der Waals surface area contributed by atoms with Crippen molar-refractivity contribution in [3.63, 3.8) is 0 Å². The molecule has 1 aliphatic rings. The fourth-order valence-corrected chi connectivity index (χ4v) is 3.42. The van der Waals surface area contributed by atoms with Gasteiger partial charge in [0.05, 0.1) is 6.20 Å². The minimum Gasteiger partial charge on any atom is -0.489 e. The third-order valence-corrected chi connectivity index (χ3v) is 4.46. The number of H-pyrrole nitrogens is 1. The first-order valence-electron chi connectivity index (χ1n) is 6.85. The molecule has 3 rings (SSSR count). The smallest absolute Gasteiger partial charge is 0.328 e. The van der Waals surface area contributed by atoms with E-state index < -0.39 is 5.97 Å². The Labute approximate surface area is 126 Å². The predicted octanol–water partition coefficient (Wildman–Crippen LogP) is 2.94. The molecule has 2 aromatic heterocycles. The van der Waals surface area contributed by atoms with Gasteiger partial charge < -0.3 is 14.8 Å². The van der Waals surface area contributed by atoms with Gasteiger partial charge in [-0.1, -0.05) is 0 Å². The van der Waals surface area contributed by atoms with Crippen molar-refractivity contribution < 1.29 is 14.6 Å². The van der Waals surface area contributed by atoms with Crippen LogP contribution in [0.5, 0.6) is 5.75 Å². The van der Waals surface area contributed by atoms with Crippen LogP contribution < -0.4 is 4.74 Å². The molecule has 1 aliphatic heterocycles. The van der Waals surface area contributed by atoms with E-state index in [9.17, 15) is 4.79 Å². The molecular formula is C15H16N2O3S. The van der Waals surface area contributed by atoms with Crippen molar-refractivity contribution in [2.24, 2.45) is 0 Å². The van der Waals surface area contributed by atoms with Gasteiger partial charge in [0.25, 0.3) is 0 Å². The molecule has 5 nitrogen and oxygen atoms in total. The predicted molar refractivity (Wildman–Crippen MR) is 83.7 cm³/mol. The normalized spacial score (nSPS) is 16.6. The average Bonchev–Trinajstić information content (AvgIpc) is 2.88. The van der Waals surface area contributed by atoms with Crippen molar-refractivity contribution in [2.45, 2.75) is 18.9 Å². The van der Waals surface area contributed by atoms with Gasteiger partial charge in [-0.05, 0) is 36.5 Å². The molecule has 3 heterocycles. The van der Waals surface area contributed by atoms with E-state index in [-0.39, 0.29) is 6.10 Å². The van der Waals surface area contributed by atoms with Crippen LogP contribution in [0.2, 0.25) is 0 Å². The second-order valence-electron chi connectivity index (χ2n) is 4.91. The molecule has 0 unspecified atom stereocenters. The summed E-state index contributed by atoms with van der Waals surface area (Å²) in [6.45, 7) is 0. The molecule has 2 aromatic rings. The lowest BCUT2D eigenvalue weighted by Crippen LogP contribution is -2.22. The third kappa shape index (κ3) is 3.39. The quantitative estimate of drug-likeness (QED) is 0.849. The highest BCUT2D eigenvalue weighted by atomic mass is 32.2. The fraction of sp³-hybridized carbons (Fsp3) is 0.333. The maximum atomic E-state index is 10.6. The maximum absolute atomic E-state index is 10.6. The maximum Gasteiger partial charge on any atom is 0.328 e. The Bertz CT molecular complexity index is 675. The zero-order chi connectivity index (χ0) is 14.7. The molecule has 21 heavy (non-hydrogen) atoms. The van der Waals surface area contributed by atoms with Gasteiger partial charge in [0.2, 0.25) is 0 Å². The van der Waals surface area contributed by atoms with Crippen molar-refractivity contribution >= 4 is 34.8 Å². The molecule has 0 saturated carbocycles. The summed E-state index contributed by atoms with van der Waals surface area (Å²) < 4.78 is 5.98. The molecule has 0 spiro atoms. The highest BCUT2D eigenvalue weighted by Gasteiger charge is 2.15. The minimum atomic E-state index is -0.968. The number of aromatic amines is 1. The monoisotopic (exact) mass is 304 g/mol. The van der Waals surface area contributed by atoms with Crippen LogP contribution in [0.1, 0.15) is 18.4 Å². The van der Waals surface area contributed by atoms with Crippen LogP contribution in [0.3, 0.4) is 0 Å². The number of thioether (sulfide) groups is 1. The molecule has 0 aliphatic carbocycles. The Balaban J connectivity index is 1.83. The molecular weight excluding hydrogens is 288 g/mol. The molecule has 0 aromatic carbocycles. The summed E-state index contributed by atoms with van der Waals surface area (Å²) in [5.74, 6) is 2.04. The highest BCUT2D eigenvalue weighted by Crippen LogP contribution is 2.26. The van der Waals surface area contributed by atoms with Gasteiger partial charge in [0.1, 0.15) is 17.5 Å². The molecule has 6 heteroatoms. The van der Waals surface area contributed by atoms with Gasteiger partial charge in [-0.25, -0.2) is 9.78 Å². The van der Waals surface area contributed by atoms with E-state index in [2.05, 4.69) is 9.97 Å². The van der Waals surface area contributed by atoms with Crippen LogP contribution in [0.4, 0.5) is 0 Å². The molecule has 0 atom stereocenters. The zero-order valence-corrected chi connectivity index (χ0v) is 12.2. The number of carboxylic acids is 1. The van der Waals surface area contributed by atoms with E-state index in [1.807, 2.05) is 17.8 Å². The SMILES string of the molecule is O=C(O)/C=C/c1c[nH]c2ncc(OC3CCSCC3)cc12. The first-order valence-corrected chi connectivity index (χ1v) is 8.00. The number of aliphatic carboxylic acids is 1. The molecule has 0 bridgehead atoms. The summed E-state index contributed by atoms with van der Waals surface area (Å²) in [6, 6.07) is 1.92. The Morgan fingerprint density at radius 1 is 1.48 bits per heavy atom. The minimum absolute atomic E-state index is 0.252. The van der Waals surface area contributed by atoms with Crippen LogP contribution in [-0.4, -0.2) is 38.7 Å². The molecule has 110 valence electrons. The largest absolute Gasteiger partial charge is 0.489 e. The molecule has 0 amide bonds. The van der Waals surface area contributed by atoms with Gasteiger partial charge in [-0.2, -0.15) is 11.8 Å². The van der Waals surface area contributed by atoms with Gasteiger partial charge in [-0.3, -0.25) is 0 Å². The van der Waals surface area contributed by atoms with Gasteiger partial charge in [-0.15, -0.1) is 0 Å². The number of nitrogens with one attached hydrogen (secondary N) is 1. The van der Waals surface area contributed by atoms with Crippen molar-refractivity contribution in [3.05, 3.63) is 30.1 Å². The van der Waals surface area contributed by atoms with E-state index in [4.69, 9.17) is 9.84 Å². The van der Waals surface area contributed by atoms with E-state index in [1.54, 1.807) is 18.5 Å². The lowest BCUT2D eigenvalue weighted by atomic mass is 10.2. The number of hydrogen-bond donors (Lipinski definition) is 2. The summed E-state index contributed by atoms with van der Waals surface area (Å²) in [7, 11) is 0. The topological polar surface area (TPSA) is 75.2 Å².